The SMILES string of the molecule is O=C1OCc2ccccc2N1C1CCN(S(=O)(=O)c2ccc3c(c2)C(C(=O)C(F)(F)F)NCC3)CC1. The number of carbonyl (C=O) groups is 2. The van der Waals surface area contributed by atoms with Crippen LogP contribution in [-0.2, 0) is 32.6 Å². The molecule has 0 aliphatic carbocycles. The fraction of sp³-hybridized carbons (Fsp3) is 0.417. The van der Waals surface area contributed by atoms with Gasteiger partial charge in [-0.05, 0) is 48.6 Å². The summed E-state index contributed by atoms with van der Waals surface area (Å²) in [7, 11) is -4.03. The first-order valence-electron chi connectivity index (χ1n) is 11.6. The Morgan fingerprint density at radius 3 is 2.50 bits per heavy atom. The average molecular weight is 524 g/mol. The summed E-state index contributed by atoms with van der Waals surface area (Å²) in [5.74, 6) is -1.95. The average Bonchev–Trinajstić information content (AvgIpc) is 2.87. The highest BCUT2D eigenvalue weighted by Crippen LogP contribution is 2.35. The van der Waals surface area contributed by atoms with Crippen molar-refractivity contribution in [3.05, 3.63) is 59.2 Å². The van der Waals surface area contributed by atoms with E-state index >= 15 is 0 Å². The Balaban J connectivity index is 1.36. The summed E-state index contributed by atoms with van der Waals surface area (Å²) >= 11 is 0. The van der Waals surface area contributed by atoms with E-state index in [0.29, 0.717) is 24.8 Å². The lowest BCUT2D eigenvalue weighted by atomic mass is 9.92. The van der Waals surface area contributed by atoms with E-state index in [1.807, 2.05) is 24.3 Å². The van der Waals surface area contributed by atoms with Crippen LogP contribution in [0.4, 0.5) is 23.7 Å². The van der Waals surface area contributed by atoms with Gasteiger partial charge >= 0.3 is 12.3 Å². The minimum Gasteiger partial charge on any atom is -0.444 e. The maximum atomic E-state index is 13.4. The van der Waals surface area contributed by atoms with Gasteiger partial charge in [0.2, 0.25) is 10.0 Å². The van der Waals surface area contributed by atoms with Crippen molar-refractivity contribution in [1.29, 1.82) is 0 Å². The van der Waals surface area contributed by atoms with Crippen LogP contribution in [0, 0.1) is 0 Å². The lowest BCUT2D eigenvalue weighted by Gasteiger charge is -2.39. The van der Waals surface area contributed by atoms with Crippen molar-refractivity contribution in [3.63, 3.8) is 0 Å². The van der Waals surface area contributed by atoms with Gasteiger partial charge in [-0.1, -0.05) is 24.3 Å². The number of hydrogen-bond donors (Lipinski definition) is 1. The number of nitrogens with one attached hydrogen (secondary N) is 1. The Morgan fingerprint density at radius 2 is 1.78 bits per heavy atom. The number of para-hydroxylation sites is 1. The molecule has 0 spiro atoms. The third kappa shape index (κ3) is 4.37. The van der Waals surface area contributed by atoms with Gasteiger partial charge in [-0.25, -0.2) is 13.2 Å². The summed E-state index contributed by atoms with van der Waals surface area (Å²) in [5.41, 5.74) is 2.17. The molecule has 12 heteroatoms. The molecule has 1 N–H and O–H groups in total. The second kappa shape index (κ2) is 9.16. The maximum Gasteiger partial charge on any atom is 0.452 e. The summed E-state index contributed by atoms with van der Waals surface area (Å²) in [6.07, 6.45) is -4.40. The number of halogens is 3. The zero-order valence-corrected chi connectivity index (χ0v) is 19.9. The zero-order chi connectivity index (χ0) is 25.7. The molecular weight excluding hydrogens is 499 g/mol. The van der Waals surface area contributed by atoms with Crippen molar-refractivity contribution in [2.45, 2.75) is 49.0 Å². The first-order chi connectivity index (χ1) is 17.1. The summed E-state index contributed by atoms with van der Waals surface area (Å²) in [6, 6.07) is 9.51. The fourth-order valence-corrected chi connectivity index (χ4v) is 6.61. The van der Waals surface area contributed by atoms with E-state index in [1.54, 1.807) is 4.90 Å². The molecular formula is C24H24F3N3O5S. The van der Waals surface area contributed by atoms with Crippen molar-refractivity contribution in [2.24, 2.45) is 0 Å². The van der Waals surface area contributed by atoms with E-state index in [1.165, 1.54) is 22.5 Å². The molecule has 0 bridgehead atoms. The van der Waals surface area contributed by atoms with Gasteiger partial charge in [-0.3, -0.25) is 9.69 Å². The van der Waals surface area contributed by atoms with Crippen molar-refractivity contribution in [1.82, 2.24) is 9.62 Å². The predicted molar refractivity (Wildman–Crippen MR) is 123 cm³/mol. The number of carbonyl (C=O) groups excluding carboxylic acids is 2. The second-order valence-corrected chi connectivity index (χ2v) is 11.0. The van der Waals surface area contributed by atoms with Crippen LogP contribution >= 0.6 is 0 Å². The second-order valence-electron chi connectivity index (χ2n) is 9.05. The first kappa shape index (κ1) is 24.7. The molecule has 36 heavy (non-hydrogen) atoms. The van der Waals surface area contributed by atoms with Gasteiger partial charge in [0.25, 0.3) is 5.78 Å². The van der Waals surface area contributed by atoms with Gasteiger partial charge in [-0.2, -0.15) is 17.5 Å². The Morgan fingerprint density at radius 1 is 1.06 bits per heavy atom. The summed E-state index contributed by atoms with van der Waals surface area (Å²) < 4.78 is 72.7. The number of ether oxygens (including phenoxy) is 1. The molecule has 1 atom stereocenters. The Bertz CT molecular complexity index is 1310. The lowest BCUT2D eigenvalue weighted by Crippen LogP contribution is -2.50. The summed E-state index contributed by atoms with van der Waals surface area (Å²) in [5, 5.41) is 2.57. The molecule has 2 aromatic rings. The van der Waals surface area contributed by atoms with Gasteiger partial charge in [0, 0.05) is 31.2 Å². The number of nitrogens with zero attached hydrogens (tertiary/aromatic N) is 2. The Kier molecular flexibility index (Phi) is 6.29. The largest absolute Gasteiger partial charge is 0.452 e. The molecule has 8 nitrogen and oxygen atoms in total. The standard InChI is InChI=1S/C24H24F3N3O5S/c25-24(26,27)22(31)21-19-13-18(6-5-15(19)7-10-28-21)36(33,34)29-11-8-17(9-12-29)30-20-4-2-1-3-16(20)14-35-23(30)32/h1-6,13,17,21,28H,7-12,14H2. The number of sulfonamides is 1. The molecule has 1 fully saturated rings. The molecule has 2 aromatic carbocycles. The number of hydrogen-bond acceptors (Lipinski definition) is 6. The Hall–Kier alpha value is -2.96. The number of ketones is 1. The minimum absolute atomic E-state index is 0.0344. The number of alkyl halides is 3. The number of rotatable bonds is 4. The topological polar surface area (TPSA) is 96.0 Å². The third-order valence-electron chi connectivity index (χ3n) is 6.94. The highest BCUT2D eigenvalue weighted by atomic mass is 32.2. The summed E-state index contributed by atoms with van der Waals surface area (Å²) in [6.45, 7) is 0.614. The van der Waals surface area contributed by atoms with Crippen molar-refractivity contribution in [2.75, 3.05) is 24.5 Å². The van der Waals surface area contributed by atoms with Gasteiger partial charge in [0.15, 0.2) is 0 Å². The van der Waals surface area contributed by atoms with Crippen molar-refractivity contribution < 1.29 is 35.9 Å². The number of Topliss-reactive ketones (excluding diaryl/α,β-unsaturated/α-hetero) is 1. The predicted octanol–water partition coefficient (Wildman–Crippen LogP) is 3.31. The molecule has 1 saturated heterocycles. The Labute approximate surface area is 206 Å². The van der Waals surface area contributed by atoms with Gasteiger partial charge in [0.1, 0.15) is 12.6 Å². The van der Waals surface area contributed by atoms with Gasteiger partial charge < -0.3 is 10.1 Å². The smallest absolute Gasteiger partial charge is 0.444 e. The molecule has 0 radical (unpaired) electrons. The van der Waals surface area contributed by atoms with Crippen molar-refractivity contribution in [3.8, 4) is 0 Å². The highest BCUT2D eigenvalue weighted by Gasteiger charge is 2.45. The number of anilines is 1. The number of cyclic esters (lactones) is 1. The van der Waals surface area contributed by atoms with Gasteiger partial charge in [-0.15, -0.1) is 0 Å². The van der Waals surface area contributed by atoms with Gasteiger partial charge in [0.05, 0.1) is 10.6 Å². The number of benzene rings is 2. The van der Waals surface area contributed by atoms with E-state index < -0.39 is 34.1 Å². The van der Waals surface area contributed by atoms with Crippen LogP contribution in [0.3, 0.4) is 0 Å². The number of amides is 1. The molecule has 1 amide bonds. The molecule has 3 aliphatic rings. The number of piperidine rings is 1. The van der Waals surface area contributed by atoms with Crippen LogP contribution in [0.2, 0.25) is 0 Å². The van der Waals surface area contributed by atoms with E-state index in [4.69, 9.17) is 4.74 Å². The molecule has 1 unspecified atom stereocenters. The molecule has 192 valence electrons. The lowest BCUT2D eigenvalue weighted by molar-refractivity contribution is -0.173. The first-order valence-corrected chi connectivity index (χ1v) is 13.0. The monoisotopic (exact) mass is 523 g/mol. The minimum atomic E-state index is -5.04. The quantitative estimate of drug-likeness (QED) is 0.661. The van der Waals surface area contributed by atoms with Crippen LogP contribution in [0.15, 0.2) is 47.4 Å². The van der Waals surface area contributed by atoms with E-state index in [0.717, 1.165) is 11.3 Å². The maximum absolute atomic E-state index is 13.4. The summed E-state index contributed by atoms with van der Waals surface area (Å²) in [4.78, 5) is 25.9. The third-order valence-corrected chi connectivity index (χ3v) is 8.83. The van der Waals surface area contributed by atoms with Crippen molar-refractivity contribution >= 4 is 27.6 Å². The molecule has 0 aromatic heterocycles. The number of fused-ring (bicyclic) bond motifs is 2. The van der Waals surface area contributed by atoms with E-state index in [2.05, 4.69) is 5.32 Å². The van der Waals surface area contributed by atoms with Crippen LogP contribution in [0.5, 0.6) is 0 Å². The van der Waals surface area contributed by atoms with Crippen LogP contribution in [0.25, 0.3) is 0 Å². The highest BCUT2D eigenvalue weighted by molar-refractivity contribution is 7.89. The van der Waals surface area contributed by atoms with E-state index in [-0.39, 0.29) is 42.7 Å². The molecule has 5 rings (SSSR count). The fourth-order valence-electron chi connectivity index (χ4n) is 5.10. The van der Waals surface area contributed by atoms with Crippen LogP contribution < -0.4 is 10.2 Å². The zero-order valence-electron chi connectivity index (χ0n) is 19.1. The molecule has 3 heterocycles. The normalized spacial score (nSPS) is 21.5. The molecule has 0 saturated carbocycles. The van der Waals surface area contributed by atoms with E-state index in [9.17, 15) is 31.2 Å². The van der Waals surface area contributed by atoms with Crippen LogP contribution in [0.1, 0.15) is 35.6 Å². The molecule has 3 aliphatic heterocycles. The van der Waals surface area contributed by atoms with Crippen LogP contribution in [-0.4, -0.2) is 56.5 Å².